The summed E-state index contributed by atoms with van der Waals surface area (Å²) in [5.41, 5.74) is 1.63. The monoisotopic (exact) mass is 383 g/mol. The van der Waals surface area contributed by atoms with Gasteiger partial charge in [-0.05, 0) is 43.7 Å². The van der Waals surface area contributed by atoms with E-state index in [0.717, 1.165) is 5.56 Å². The summed E-state index contributed by atoms with van der Waals surface area (Å²) in [6.07, 6.45) is 1.89. The Morgan fingerprint density at radius 2 is 1.71 bits per heavy atom. The average molecular weight is 383 g/mol. The summed E-state index contributed by atoms with van der Waals surface area (Å²) in [5.74, 6) is 0.237. The van der Waals surface area contributed by atoms with Crippen LogP contribution in [0.5, 0.6) is 11.5 Å². The number of amides is 1. The molecule has 0 spiro atoms. The van der Waals surface area contributed by atoms with E-state index in [0.29, 0.717) is 17.1 Å². The van der Waals surface area contributed by atoms with Gasteiger partial charge in [0, 0.05) is 11.6 Å². The molecular formula is C22H25NO5. The van der Waals surface area contributed by atoms with Crippen molar-refractivity contribution < 1.29 is 23.8 Å². The topological polar surface area (TPSA) is 73.9 Å². The second-order valence-electron chi connectivity index (χ2n) is 6.16. The lowest BCUT2D eigenvalue weighted by molar-refractivity contribution is -0.150. The number of esters is 1. The van der Waals surface area contributed by atoms with Crippen LogP contribution in [0.25, 0.3) is 6.08 Å². The second kappa shape index (κ2) is 10.2. The fourth-order valence-electron chi connectivity index (χ4n) is 2.55. The number of carbonyl (C=O) groups is 2. The van der Waals surface area contributed by atoms with Crippen LogP contribution in [0.1, 0.15) is 31.0 Å². The molecule has 0 aliphatic rings. The van der Waals surface area contributed by atoms with Crippen molar-refractivity contribution in [3.05, 3.63) is 65.7 Å². The minimum atomic E-state index is -0.921. The number of nitrogens with one attached hydrogen (secondary N) is 1. The normalized spacial score (nSPS) is 12.9. The molecule has 0 bridgehead atoms. The molecule has 2 aromatic rings. The van der Waals surface area contributed by atoms with Gasteiger partial charge in [-0.2, -0.15) is 0 Å². The molecule has 0 heterocycles. The minimum Gasteiger partial charge on any atom is -0.497 e. The quantitative estimate of drug-likeness (QED) is 0.558. The third-order valence-corrected chi connectivity index (χ3v) is 4.16. The zero-order valence-corrected chi connectivity index (χ0v) is 16.5. The van der Waals surface area contributed by atoms with E-state index in [1.54, 1.807) is 31.4 Å². The molecule has 0 fully saturated rings. The van der Waals surface area contributed by atoms with Gasteiger partial charge in [0.25, 0.3) is 5.91 Å². The Bertz CT molecular complexity index is 832. The maximum Gasteiger partial charge on any atom is 0.331 e. The van der Waals surface area contributed by atoms with Gasteiger partial charge in [-0.1, -0.05) is 30.3 Å². The van der Waals surface area contributed by atoms with Crippen LogP contribution < -0.4 is 14.8 Å². The maximum atomic E-state index is 12.3. The Morgan fingerprint density at radius 3 is 2.36 bits per heavy atom. The first-order chi connectivity index (χ1) is 13.4. The van der Waals surface area contributed by atoms with Crippen molar-refractivity contribution in [3.8, 4) is 11.5 Å². The summed E-state index contributed by atoms with van der Waals surface area (Å²) < 4.78 is 15.6. The first kappa shape index (κ1) is 21.0. The van der Waals surface area contributed by atoms with Gasteiger partial charge in [-0.3, -0.25) is 4.79 Å². The minimum absolute atomic E-state index is 0.188. The van der Waals surface area contributed by atoms with Crippen LogP contribution in [0.2, 0.25) is 0 Å². The van der Waals surface area contributed by atoms with Crippen molar-refractivity contribution in [1.82, 2.24) is 5.32 Å². The SMILES string of the molecule is COc1ccc(OC)c(/C=C/C(=O)OC(C)C(=O)NC(C)c2ccccc2)c1. The molecule has 2 rings (SSSR count). The number of carbonyl (C=O) groups excluding carboxylic acids is 2. The third-order valence-electron chi connectivity index (χ3n) is 4.16. The van der Waals surface area contributed by atoms with Crippen LogP contribution in [0.15, 0.2) is 54.6 Å². The van der Waals surface area contributed by atoms with Gasteiger partial charge < -0.3 is 19.5 Å². The van der Waals surface area contributed by atoms with Gasteiger partial charge >= 0.3 is 5.97 Å². The van der Waals surface area contributed by atoms with E-state index in [1.165, 1.54) is 20.1 Å². The van der Waals surface area contributed by atoms with Crippen molar-refractivity contribution in [2.24, 2.45) is 0 Å². The van der Waals surface area contributed by atoms with Crippen molar-refractivity contribution in [3.63, 3.8) is 0 Å². The van der Waals surface area contributed by atoms with Crippen molar-refractivity contribution in [2.75, 3.05) is 14.2 Å². The lowest BCUT2D eigenvalue weighted by atomic mass is 10.1. The van der Waals surface area contributed by atoms with Gasteiger partial charge in [0.2, 0.25) is 0 Å². The first-order valence-electron chi connectivity index (χ1n) is 8.90. The van der Waals surface area contributed by atoms with Crippen molar-refractivity contribution >= 4 is 18.0 Å². The summed E-state index contributed by atoms with van der Waals surface area (Å²) in [6, 6.07) is 14.6. The molecule has 0 saturated carbocycles. The predicted molar refractivity (Wildman–Crippen MR) is 107 cm³/mol. The van der Waals surface area contributed by atoms with Gasteiger partial charge in [-0.25, -0.2) is 4.79 Å². The Balaban J connectivity index is 1.95. The Morgan fingerprint density at radius 1 is 1.00 bits per heavy atom. The van der Waals surface area contributed by atoms with E-state index in [1.807, 2.05) is 37.3 Å². The molecule has 28 heavy (non-hydrogen) atoms. The number of hydrogen-bond donors (Lipinski definition) is 1. The molecular weight excluding hydrogens is 358 g/mol. The zero-order valence-electron chi connectivity index (χ0n) is 16.5. The van der Waals surface area contributed by atoms with Gasteiger partial charge in [0.1, 0.15) is 11.5 Å². The van der Waals surface area contributed by atoms with Crippen LogP contribution >= 0.6 is 0 Å². The van der Waals surface area contributed by atoms with Gasteiger partial charge in [-0.15, -0.1) is 0 Å². The van der Waals surface area contributed by atoms with Crippen LogP contribution in [0.4, 0.5) is 0 Å². The number of benzene rings is 2. The molecule has 0 aromatic heterocycles. The molecule has 0 aliphatic heterocycles. The standard InChI is InChI=1S/C22H25NO5/c1-15(17-8-6-5-7-9-17)23-22(25)16(2)28-21(24)13-10-18-14-19(26-3)11-12-20(18)27-4/h5-16H,1-4H3,(H,23,25)/b13-10+. The lowest BCUT2D eigenvalue weighted by Crippen LogP contribution is -2.37. The van der Waals surface area contributed by atoms with Crippen LogP contribution in [0.3, 0.4) is 0 Å². The number of ether oxygens (including phenoxy) is 3. The number of rotatable bonds is 8. The lowest BCUT2D eigenvalue weighted by Gasteiger charge is -2.17. The smallest absolute Gasteiger partial charge is 0.331 e. The van der Waals surface area contributed by atoms with Crippen molar-refractivity contribution in [2.45, 2.75) is 26.0 Å². The molecule has 1 amide bonds. The summed E-state index contributed by atoms with van der Waals surface area (Å²) >= 11 is 0. The predicted octanol–water partition coefficient (Wildman–Crippen LogP) is 3.53. The first-order valence-corrected chi connectivity index (χ1v) is 8.90. The van der Waals surface area contributed by atoms with E-state index in [-0.39, 0.29) is 11.9 Å². The summed E-state index contributed by atoms with van der Waals surface area (Å²) in [4.78, 5) is 24.4. The molecule has 2 atom stereocenters. The summed E-state index contributed by atoms with van der Waals surface area (Å²) in [5, 5.41) is 2.83. The number of hydrogen-bond acceptors (Lipinski definition) is 5. The van der Waals surface area contributed by atoms with E-state index in [2.05, 4.69) is 5.32 Å². The fraction of sp³-hybridized carbons (Fsp3) is 0.273. The molecule has 1 N–H and O–H groups in total. The maximum absolute atomic E-state index is 12.3. The molecule has 6 nitrogen and oxygen atoms in total. The zero-order chi connectivity index (χ0) is 20.5. The van der Waals surface area contributed by atoms with E-state index in [4.69, 9.17) is 14.2 Å². The van der Waals surface area contributed by atoms with Crippen LogP contribution in [-0.4, -0.2) is 32.2 Å². The van der Waals surface area contributed by atoms with E-state index in [9.17, 15) is 9.59 Å². The van der Waals surface area contributed by atoms with E-state index < -0.39 is 12.1 Å². The summed E-state index contributed by atoms with van der Waals surface area (Å²) in [6.45, 7) is 3.40. The largest absolute Gasteiger partial charge is 0.497 e. The van der Waals surface area contributed by atoms with Crippen LogP contribution in [0, 0.1) is 0 Å². The third kappa shape index (κ3) is 5.87. The molecule has 148 valence electrons. The highest BCUT2D eigenvalue weighted by molar-refractivity contribution is 5.90. The highest BCUT2D eigenvalue weighted by Crippen LogP contribution is 2.25. The summed E-state index contributed by atoms with van der Waals surface area (Å²) in [7, 11) is 3.10. The molecule has 0 radical (unpaired) electrons. The molecule has 0 saturated heterocycles. The molecule has 2 aromatic carbocycles. The fourth-order valence-corrected chi connectivity index (χ4v) is 2.55. The van der Waals surface area contributed by atoms with Crippen molar-refractivity contribution in [1.29, 1.82) is 0 Å². The Hall–Kier alpha value is -3.28. The second-order valence-corrected chi connectivity index (χ2v) is 6.16. The van der Waals surface area contributed by atoms with Gasteiger partial charge in [0.05, 0.1) is 20.3 Å². The van der Waals surface area contributed by atoms with E-state index >= 15 is 0 Å². The molecule has 0 aliphatic carbocycles. The Labute approximate surface area is 165 Å². The van der Waals surface area contributed by atoms with Gasteiger partial charge in [0.15, 0.2) is 6.10 Å². The highest BCUT2D eigenvalue weighted by Gasteiger charge is 2.19. The average Bonchev–Trinajstić information content (AvgIpc) is 2.72. The highest BCUT2D eigenvalue weighted by atomic mass is 16.5. The number of methoxy groups -OCH3 is 2. The molecule has 2 unspecified atom stereocenters. The van der Waals surface area contributed by atoms with Crippen LogP contribution in [-0.2, 0) is 14.3 Å². The molecule has 6 heteroatoms. The Kier molecular flexibility index (Phi) is 7.63.